The van der Waals surface area contributed by atoms with Crippen molar-refractivity contribution < 1.29 is 4.57 Å². The molecule has 0 aliphatic carbocycles. The summed E-state index contributed by atoms with van der Waals surface area (Å²) in [6.45, 7) is 7.64. The van der Waals surface area contributed by atoms with Crippen molar-refractivity contribution in [2.45, 2.75) is 39.8 Å². The average Bonchev–Trinajstić information content (AvgIpc) is 2.73. The number of hydrogen-bond donors (Lipinski definition) is 0. The molecule has 0 unspecified atom stereocenters. The monoisotopic (exact) mass is 229 g/mol. The summed E-state index contributed by atoms with van der Waals surface area (Å²) in [6.07, 6.45) is 5.44. The Bertz CT molecular complexity index is 469. The second-order valence-corrected chi connectivity index (χ2v) is 4.68. The summed E-state index contributed by atoms with van der Waals surface area (Å²) in [4.78, 5) is 0. The fourth-order valence-corrected chi connectivity index (χ4v) is 2.25. The SMILES string of the molecule is CCc1n(C(C)C)cc[n+]1Cc1ccccc1. The van der Waals surface area contributed by atoms with E-state index >= 15 is 0 Å². The van der Waals surface area contributed by atoms with Crippen LogP contribution in [-0.4, -0.2) is 4.57 Å². The number of rotatable bonds is 4. The Morgan fingerprint density at radius 2 is 1.88 bits per heavy atom. The zero-order valence-electron chi connectivity index (χ0n) is 10.9. The number of benzene rings is 1. The van der Waals surface area contributed by atoms with Crippen molar-refractivity contribution in [3.05, 3.63) is 54.1 Å². The molecule has 0 saturated heterocycles. The highest BCUT2D eigenvalue weighted by Crippen LogP contribution is 2.08. The van der Waals surface area contributed by atoms with Gasteiger partial charge in [0.2, 0.25) is 0 Å². The van der Waals surface area contributed by atoms with E-state index in [9.17, 15) is 0 Å². The van der Waals surface area contributed by atoms with Gasteiger partial charge in [-0.15, -0.1) is 0 Å². The lowest BCUT2D eigenvalue weighted by atomic mass is 10.2. The molecule has 0 amide bonds. The molecule has 2 rings (SSSR count). The molecule has 1 heterocycles. The quantitative estimate of drug-likeness (QED) is 0.713. The summed E-state index contributed by atoms with van der Waals surface area (Å²) in [6, 6.07) is 11.1. The van der Waals surface area contributed by atoms with Crippen molar-refractivity contribution in [3.8, 4) is 0 Å². The van der Waals surface area contributed by atoms with E-state index in [1.165, 1.54) is 11.4 Å². The minimum atomic E-state index is 0.530. The predicted molar refractivity (Wildman–Crippen MR) is 69.9 cm³/mol. The molecule has 2 nitrogen and oxygen atoms in total. The zero-order chi connectivity index (χ0) is 12.3. The van der Waals surface area contributed by atoms with E-state index in [0.29, 0.717) is 6.04 Å². The second-order valence-electron chi connectivity index (χ2n) is 4.68. The Hall–Kier alpha value is -1.57. The number of imidazole rings is 1. The highest BCUT2D eigenvalue weighted by atomic mass is 15.2. The largest absolute Gasteiger partial charge is 0.256 e. The molecule has 0 spiro atoms. The van der Waals surface area contributed by atoms with Gasteiger partial charge in [0.25, 0.3) is 5.82 Å². The highest BCUT2D eigenvalue weighted by Gasteiger charge is 2.17. The van der Waals surface area contributed by atoms with Crippen molar-refractivity contribution in [2.24, 2.45) is 0 Å². The number of aromatic nitrogens is 2. The first kappa shape index (κ1) is 11.9. The molecule has 0 fully saturated rings. The van der Waals surface area contributed by atoms with E-state index in [2.05, 4.69) is 72.6 Å². The van der Waals surface area contributed by atoms with Gasteiger partial charge >= 0.3 is 0 Å². The van der Waals surface area contributed by atoms with Crippen LogP contribution in [0.5, 0.6) is 0 Å². The summed E-state index contributed by atoms with van der Waals surface area (Å²) in [5, 5.41) is 0. The first-order valence-corrected chi connectivity index (χ1v) is 6.35. The molecule has 90 valence electrons. The lowest BCUT2D eigenvalue weighted by Gasteiger charge is -2.06. The maximum atomic E-state index is 2.35. The molecule has 0 saturated carbocycles. The van der Waals surface area contributed by atoms with E-state index in [0.717, 1.165) is 13.0 Å². The van der Waals surface area contributed by atoms with Crippen molar-refractivity contribution in [3.63, 3.8) is 0 Å². The van der Waals surface area contributed by atoms with Crippen LogP contribution in [0.4, 0.5) is 0 Å². The van der Waals surface area contributed by atoms with Gasteiger partial charge in [0, 0.05) is 6.42 Å². The van der Waals surface area contributed by atoms with Crippen LogP contribution < -0.4 is 4.57 Å². The van der Waals surface area contributed by atoms with Crippen LogP contribution in [0.2, 0.25) is 0 Å². The molecular formula is C15H21N2+. The molecule has 0 bridgehead atoms. The third-order valence-corrected chi connectivity index (χ3v) is 3.11. The second kappa shape index (κ2) is 5.17. The Balaban J connectivity index is 2.28. The lowest BCUT2D eigenvalue weighted by Crippen LogP contribution is -2.37. The fraction of sp³-hybridized carbons (Fsp3) is 0.400. The van der Waals surface area contributed by atoms with Gasteiger partial charge in [0.1, 0.15) is 18.9 Å². The summed E-state index contributed by atoms with van der Waals surface area (Å²) < 4.78 is 4.69. The van der Waals surface area contributed by atoms with Gasteiger partial charge in [-0.25, -0.2) is 9.13 Å². The summed E-state index contributed by atoms with van der Waals surface area (Å²) in [5.41, 5.74) is 1.36. The van der Waals surface area contributed by atoms with Gasteiger partial charge in [-0.2, -0.15) is 0 Å². The molecule has 0 aliphatic rings. The predicted octanol–water partition coefficient (Wildman–Crippen LogP) is 2.97. The molecule has 2 aromatic rings. The van der Waals surface area contributed by atoms with Gasteiger partial charge in [0.05, 0.1) is 6.04 Å². The maximum Gasteiger partial charge on any atom is 0.256 e. The van der Waals surface area contributed by atoms with Crippen molar-refractivity contribution in [1.82, 2.24) is 4.57 Å². The van der Waals surface area contributed by atoms with Crippen LogP contribution in [0.15, 0.2) is 42.7 Å². The third kappa shape index (κ3) is 2.57. The summed E-state index contributed by atoms with van der Waals surface area (Å²) in [5.74, 6) is 1.39. The molecular weight excluding hydrogens is 208 g/mol. The Labute approximate surface area is 104 Å². The Morgan fingerprint density at radius 1 is 1.18 bits per heavy atom. The third-order valence-electron chi connectivity index (χ3n) is 3.11. The average molecular weight is 229 g/mol. The van der Waals surface area contributed by atoms with Crippen LogP contribution in [0.3, 0.4) is 0 Å². The highest BCUT2D eigenvalue weighted by molar-refractivity contribution is 5.13. The molecule has 0 N–H and O–H groups in total. The first-order chi connectivity index (χ1) is 8.22. The topological polar surface area (TPSA) is 8.81 Å². The fourth-order valence-electron chi connectivity index (χ4n) is 2.25. The van der Waals surface area contributed by atoms with E-state index < -0.39 is 0 Å². The molecule has 0 aliphatic heterocycles. The molecule has 17 heavy (non-hydrogen) atoms. The standard InChI is InChI=1S/C15H21N2/c1-4-15-16(10-11-17(15)13(2)3)12-14-8-6-5-7-9-14/h5-11,13H,4,12H2,1-3H3/q+1. The van der Waals surface area contributed by atoms with Gasteiger partial charge in [0.15, 0.2) is 0 Å². The van der Waals surface area contributed by atoms with E-state index in [4.69, 9.17) is 0 Å². The van der Waals surface area contributed by atoms with Crippen LogP contribution in [0.25, 0.3) is 0 Å². The molecule has 0 radical (unpaired) electrons. The summed E-state index contributed by atoms with van der Waals surface area (Å²) in [7, 11) is 0. The lowest BCUT2D eigenvalue weighted by molar-refractivity contribution is -0.695. The van der Waals surface area contributed by atoms with Gasteiger partial charge in [-0.1, -0.05) is 37.3 Å². The number of nitrogens with zero attached hydrogens (tertiary/aromatic N) is 2. The molecule has 0 atom stereocenters. The minimum Gasteiger partial charge on any atom is -0.232 e. The van der Waals surface area contributed by atoms with Crippen LogP contribution >= 0.6 is 0 Å². The van der Waals surface area contributed by atoms with Crippen molar-refractivity contribution >= 4 is 0 Å². The molecule has 1 aromatic carbocycles. The zero-order valence-corrected chi connectivity index (χ0v) is 10.9. The van der Waals surface area contributed by atoms with Crippen molar-refractivity contribution in [1.29, 1.82) is 0 Å². The van der Waals surface area contributed by atoms with Crippen LogP contribution in [-0.2, 0) is 13.0 Å². The normalized spacial score (nSPS) is 11.1. The van der Waals surface area contributed by atoms with Gasteiger partial charge < -0.3 is 0 Å². The smallest absolute Gasteiger partial charge is 0.232 e. The van der Waals surface area contributed by atoms with E-state index in [-0.39, 0.29) is 0 Å². The van der Waals surface area contributed by atoms with Gasteiger partial charge in [-0.05, 0) is 19.4 Å². The van der Waals surface area contributed by atoms with Gasteiger partial charge in [-0.3, -0.25) is 0 Å². The maximum absolute atomic E-state index is 2.35. The molecule has 1 aromatic heterocycles. The van der Waals surface area contributed by atoms with Crippen LogP contribution in [0.1, 0.15) is 38.2 Å². The minimum absolute atomic E-state index is 0.530. The summed E-state index contributed by atoms with van der Waals surface area (Å²) >= 11 is 0. The first-order valence-electron chi connectivity index (χ1n) is 6.35. The van der Waals surface area contributed by atoms with E-state index in [1.54, 1.807) is 0 Å². The Morgan fingerprint density at radius 3 is 2.47 bits per heavy atom. The van der Waals surface area contributed by atoms with Crippen LogP contribution in [0, 0.1) is 0 Å². The Kier molecular flexibility index (Phi) is 3.62. The molecule has 2 heteroatoms. The number of hydrogen-bond acceptors (Lipinski definition) is 0. The van der Waals surface area contributed by atoms with E-state index in [1.807, 2.05) is 0 Å². The van der Waals surface area contributed by atoms with Crippen molar-refractivity contribution in [2.75, 3.05) is 0 Å².